The third-order valence-electron chi connectivity index (χ3n) is 4.18. The van der Waals surface area contributed by atoms with E-state index < -0.39 is 17.2 Å². The number of hydrogen-bond donors (Lipinski definition) is 2. The number of methoxy groups -OCH3 is 1. The molecule has 0 aliphatic rings. The smallest absolute Gasteiger partial charge is 0.239 e. The molecule has 0 aromatic heterocycles. The van der Waals surface area contributed by atoms with E-state index in [1.165, 1.54) is 27.0 Å². The summed E-state index contributed by atoms with van der Waals surface area (Å²) in [6.07, 6.45) is 0.338. The van der Waals surface area contributed by atoms with Gasteiger partial charge in [-0.3, -0.25) is 9.59 Å². The molecule has 0 fully saturated rings. The van der Waals surface area contributed by atoms with Gasteiger partial charge in [0, 0.05) is 12.2 Å². The number of amides is 2. The summed E-state index contributed by atoms with van der Waals surface area (Å²) in [5, 5.41) is 5.70. The van der Waals surface area contributed by atoms with Crippen LogP contribution < -0.4 is 15.4 Å². The fraction of sp³-hybridized carbons (Fsp3) is 0.300. The van der Waals surface area contributed by atoms with Crippen LogP contribution in [0.1, 0.15) is 19.4 Å². The second-order valence-corrected chi connectivity index (χ2v) is 6.93. The number of benzene rings is 2. The van der Waals surface area contributed by atoms with Crippen molar-refractivity contribution in [2.24, 2.45) is 5.41 Å². The lowest BCUT2D eigenvalue weighted by molar-refractivity contribution is -0.138. The van der Waals surface area contributed by atoms with Gasteiger partial charge in [0.2, 0.25) is 11.8 Å². The maximum atomic E-state index is 13.6. The predicted molar refractivity (Wildman–Crippen MR) is 104 cm³/mol. The molecule has 27 heavy (non-hydrogen) atoms. The average Bonchev–Trinajstić information content (AvgIpc) is 2.63. The van der Waals surface area contributed by atoms with Gasteiger partial charge in [0.1, 0.15) is 17.0 Å². The molecular formula is C20H22ClFN2O3. The van der Waals surface area contributed by atoms with E-state index in [4.69, 9.17) is 16.3 Å². The van der Waals surface area contributed by atoms with Crippen molar-refractivity contribution in [1.82, 2.24) is 5.32 Å². The molecule has 2 rings (SSSR count). The highest BCUT2D eigenvalue weighted by molar-refractivity contribution is 6.32. The fourth-order valence-electron chi connectivity index (χ4n) is 2.37. The second-order valence-electron chi connectivity index (χ2n) is 6.53. The van der Waals surface area contributed by atoms with Crippen LogP contribution in [-0.2, 0) is 16.0 Å². The summed E-state index contributed by atoms with van der Waals surface area (Å²) in [5.74, 6) is -0.761. The van der Waals surface area contributed by atoms with Gasteiger partial charge in [0.05, 0.1) is 12.1 Å². The van der Waals surface area contributed by atoms with Gasteiger partial charge in [0.15, 0.2) is 0 Å². The summed E-state index contributed by atoms with van der Waals surface area (Å²) in [4.78, 5) is 24.9. The first-order valence-corrected chi connectivity index (χ1v) is 8.80. The predicted octanol–water partition coefficient (Wildman–Crippen LogP) is 3.81. The van der Waals surface area contributed by atoms with Crippen LogP contribution in [-0.4, -0.2) is 25.5 Å². The third kappa shape index (κ3) is 5.20. The Morgan fingerprint density at radius 3 is 2.48 bits per heavy atom. The highest BCUT2D eigenvalue weighted by atomic mass is 35.5. The molecule has 0 unspecified atom stereocenters. The molecule has 0 aliphatic carbocycles. The minimum Gasteiger partial charge on any atom is -0.495 e. The van der Waals surface area contributed by atoms with E-state index in [1.807, 2.05) is 0 Å². The van der Waals surface area contributed by atoms with Crippen molar-refractivity contribution in [3.05, 3.63) is 58.9 Å². The Morgan fingerprint density at radius 2 is 1.85 bits per heavy atom. The average molecular weight is 393 g/mol. The minimum atomic E-state index is -1.32. The number of anilines is 1. The molecule has 0 bridgehead atoms. The van der Waals surface area contributed by atoms with Crippen LogP contribution in [0.2, 0.25) is 5.02 Å². The van der Waals surface area contributed by atoms with Crippen molar-refractivity contribution in [1.29, 1.82) is 0 Å². The van der Waals surface area contributed by atoms with E-state index in [0.29, 0.717) is 28.4 Å². The number of halogens is 2. The number of hydrogen-bond acceptors (Lipinski definition) is 3. The fourth-order valence-corrected chi connectivity index (χ4v) is 2.63. The quantitative estimate of drug-likeness (QED) is 0.704. The van der Waals surface area contributed by atoms with Crippen molar-refractivity contribution < 1.29 is 18.7 Å². The van der Waals surface area contributed by atoms with Crippen molar-refractivity contribution in [2.75, 3.05) is 19.0 Å². The molecule has 0 heterocycles. The summed E-state index contributed by atoms with van der Waals surface area (Å²) in [6.45, 7) is 3.27. The standard InChI is InChI=1S/C20H22ClFN2O3/c1-20(2,18(25)23-11-10-13-6-4-5-7-16(13)22)19(26)24-14-8-9-17(27-3)15(21)12-14/h4-9,12H,10-11H2,1-3H3,(H,23,25)(H,24,26). The third-order valence-corrected chi connectivity index (χ3v) is 4.48. The zero-order chi connectivity index (χ0) is 20.0. The second kappa shape index (κ2) is 8.86. The summed E-state index contributed by atoms with van der Waals surface area (Å²) in [7, 11) is 1.49. The Hall–Kier alpha value is -2.60. The first-order valence-electron chi connectivity index (χ1n) is 8.42. The zero-order valence-corrected chi connectivity index (χ0v) is 16.2. The molecule has 2 amide bonds. The Bertz CT molecular complexity index is 840. The van der Waals surface area contributed by atoms with Crippen LogP contribution in [0.15, 0.2) is 42.5 Å². The molecule has 0 spiro atoms. The summed E-state index contributed by atoms with van der Waals surface area (Å²) in [6, 6.07) is 11.2. The molecule has 0 saturated heterocycles. The lowest BCUT2D eigenvalue weighted by Gasteiger charge is -2.23. The molecular weight excluding hydrogens is 371 g/mol. The van der Waals surface area contributed by atoms with Crippen LogP contribution >= 0.6 is 11.6 Å². The monoisotopic (exact) mass is 392 g/mol. The Kier molecular flexibility index (Phi) is 6.80. The Morgan fingerprint density at radius 1 is 1.15 bits per heavy atom. The molecule has 0 aliphatic heterocycles. The largest absolute Gasteiger partial charge is 0.495 e. The van der Waals surface area contributed by atoms with Crippen molar-refractivity contribution in [3.63, 3.8) is 0 Å². The van der Waals surface area contributed by atoms with Crippen molar-refractivity contribution >= 4 is 29.1 Å². The summed E-state index contributed by atoms with van der Waals surface area (Å²) < 4.78 is 18.7. The number of carbonyl (C=O) groups excluding carboxylic acids is 2. The van der Waals surface area contributed by atoms with E-state index in [9.17, 15) is 14.0 Å². The number of carbonyl (C=O) groups is 2. The molecule has 0 atom stereocenters. The molecule has 5 nitrogen and oxygen atoms in total. The van der Waals surface area contributed by atoms with E-state index in [2.05, 4.69) is 10.6 Å². The molecule has 0 radical (unpaired) electrons. The maximum Gasteiger partial charge on any atom is 0.239 e. The molecule has 0 saturated carbocycles. The van der Waals surface area contributed by atoms with Gasteiger partial charge < -0.3 is 15.4 Å². The van der Waals surface area contributed by atoms with Crippen molar-refractivity contribution in [2.45, 2.75) is 20.3 Å². The SMILES string of the molecule is COc1ccc(NC(=O)C(C)(C)C(=O)NCCc2ccccc2F)cc1Cl. The van der Waals surface area contributed by atoms with Crippen LogP contribution in [0.25, 0.3) is 0 Å². The van der Waals surface area contributed by atoms with Crippen LogP contribution in [0.3, 0.4) is 0 Å². The van der Waals surface area contributed by atoms with E-state index in [0.717, 1.165) is 0 Å². The number of rotatable bonds is 7. The summed E-state index contributed by atoms with van der Waals surface area (Å²) in [5.41, 5.74) is -0.354. The van der Waals surface area contributed by atoms with E-state index >= 15 is 0 Å². The van der Waals surface area contributed by atoms with Gasteiger partial charge in [-0.2, -0.15) is 0 Å². The Balaban J connectivity index is 1.95. The van der Waals surface area contributed by atoms with Crippen LogP contribution in [0, 0.1) is 11.2 Å². The van der Waals surface area contributed by atoms with Gasteiger partial charge in [-0.25, -0.2) is 4.39 Å². The minimum absolute atomic E-state index is 0.227. The first-order chi connectivity index (χ1) is 12.8. The Labute approximate surface area is 162 Å². The van der Waals surface area contributed by atoms with Gasteiger partial charge in [-0.15, -0.1) is 0 Å². The summed E-state index contributed by atoms with van der Waals surface area (Å²) >= 11 is 6.04. The molecule has 2 aromatic carbocycles. The van der Waals surface area contributed by atoms with Gasteiger partial charge in [-0.05, 0) is 50.1 Å². The van der Waals surface area contributed by atoms with Crippen LogP contribution in [0.4, 0.5) is 10.1 Å². The lowest BCUT2D eigenvalue weighted by Crippen LogP contribution is -2.45. The lowest BCUT2D eigenvalue weighted by atomic mass is 9.91. The highest BCUT2D eigenvalue weighted by Gasteiger charge is 2.36. The van der Waals surface area contributed by atoms with Gasteiger partial charge >= 0.3 is 0 Å². The van der Waals surface area contributed by atoms with Gasteiger partial charge in [-0.1, -0.05) is 29.8 Å². The number of nitrogens with one attached hydrogen (secondary N) is 2. The van der Waals surface area contributed by atoms with Crippen LogP contribution in [0.5, 0.6) is 5.75 Å². The number of ether oxygens (including phenoxy) is 1. The normalized spacial score (nSPS) is 11.0. The maximum absolute atomic E-state index is 13.6. The zero-order valence-electron chi connectivity index (χ0n) is 15.4. The molecule has 144 valence electrons. The van der Waals surface area contributed by atoms with Crippen molar-refractivity contribution in [3.8, 4) is 5.75 Å². The molecule has 2 N–H and O–H groups in total. The van der Waals surface area contributed by atoms with E-state index in [1.54, 1.807) is 36.4 Å². The molecule has 7 heteroatoms. The molecule has 2 aromatic rings. The van der Waals surface area contributed by atoms with E-state index in [-0.39, 0.29) is 12.4 Å². The topological polar surface area (TPSA) is 67.4 Å². The highest BCUT2D eigenvalue weighted by Crippen LogP contribution is 2.28. The van der Waals surface area contributed by atoms with Gasteiger partial charge in [0.25, 0.3) is 0 Å². The first kappa shape index (κ1) is 20.7.